The molecule has 3 saturated heterocycles. The van der Waals surface area contributed by atoms with Gasteiger partial charge in [-0.1, -0.05) is 24.3 Å². The maximum atomic E-state index is 12.7. The highest BCUT2D eigenvalue weighted by Gasteiger charge is 2.35. The third kappa shape index (κ3) is 3.86. The highest BCUT2D eigenvalue weighted by molar-refractivity contribution is 5.95. The van der Waals surface area contributed by atoms with Gasteiger partial charge in [0.2, 0.25) is 0 Å². The molecule has 3 fully saturated rings. The summed E-state index contributed by atoms with van der Waals surface area (Å²) in [7, 11) is 0. The van der Waals surface area contributed by atoms with Crippen LogP contribution in [0.5, 0.6) is 0 Å². The molecular weight excluding hydrogens is 353 g/mol. The quantitative estimate of drug-likeness (QED) is 0.874. The molecule has 1 N–H and O–H groups in total. The van der Waals surface area contributed by atoms with Gasteiger partial charge in [0.25, 0.3) is 5.91 Å². The Bertz CT molecular complexity index is 807. The van der Waals surface area contributed by atoms with Gasteiger partial charge in [0, 0.05) is 18.2 Å². The predicted octanol–water partition coefficient (Wildman–Crippen LogP) is 4.20. The first-order chi connectivity index (χ1) is 12.9. The van der Waals surface area contributed by atoms with E-state index in [-0.39, 0.29) is 11.9 Å². The van der Waals surface area contributed by atoms with E-state index in [2.05, 4.69) is 10.2 Å². The molecule has 3 aliphatic heterocycles. The molecule has 0 saturated carbocycles. The van der Waals surface area contributed by atoms with Gasteiger partial charge in [-0.25, -0.2) is 0 Å². The molecule has 27 heavy (non-hydrogen) atoms. The molecule has 2 aromatic carbocycles. The van der Waals surface area contributed by atoms with Gasteiger partial charge in [-0.15, -0.1) is 0 Å². The smallest absolute Gasteiger partial charge is 0.348 e. The van der Waals surface area contributed by atoms with Crippen molar-refractivity contribution in [3.8, 4) is 11.1 Å². The second kappa shape index (κ2) is 7.00. The molecule has 2 aromatic rings. The van der Waals surface area contributed by atoms with Gasteiger partial charge in [0.1, 0.15) is 0 Å². The Hall–Kier alpha value is -2.34. The molecule has 3 nitrogen and oxygen atoms in total. The van der Waals surface area contributed by atoms with Crippen LogP contribution in [0, 0.1) is 5.92 Å². The van der Waals surface area contributed by atoms with Crippen molar-refractivity contribution in [2.24, 2.45) is 5.92 Å². The zero-order valence-electron chi connectivity index (χ0n) is 14.8. The molecule has 1 atom stereocenters. The number of hydrogen-bond donors (Lipinski definition) is 1. The van der Waals surface area contributed by atoms with Gasteiger partial charge in [-0.05, 0) is 67.2 Å². The van der Waals surface area contributed by atoms with E-state index >= 15 is 0 Å². The fourth-order valence-corrected chi connectivity index (χ4v) is 4.05. The lowest BCUT2D eigenvalue weighted by molar-refractivity contribution is -0.137. The first-order valence-electron chi connectivity index (χ1n) is 9.21. The summed E-state index contributed by atoms with van der Waals surface area (Å²) in [5.41, 5.74) is 1.37. The summed E-state index contributed by atoms with van der Waals surface area (Å²) in [6.45, 7) is 3.16. The minimum absolute atomic E-state index is 0.0901. The Morgan fingerprint density at radius 3 is 1.96 bits per heavy atom. The van der Waals surface area contributed by atoms with Crippen molar-refractivity contribution in [1.82, 2.24) is 10.2 Å². The average Bonchev–Trinajstić information content (AvgIpc) is 2.68. The third-order valence-corrected chi connectivity index (χ3v) is 5.67. The zero-order valence-corrected chi connectivity index (χ0v) is 14.8. The van der Waals surface area contributed by atoms with Crippen molar-refractivity contribution < 1.29 is 18.0 Å². The van der Waals surface area contributed by atoms with E-state index in [1.165, 1.54) is 12.1 Å². The molecule has 0 aromatic heterocycles. The Kier molecular flexibility index (Phi) is 4.68. The molecule has 2 bridgehead atoms. The van der Waals surface area contributed by atoms with Gasteiger partial charge in [-0.3, -0.25) is 4.79 Å². The average molecular weight is 374 g/mol. The summed E-state index contributed by atoms with van der Waals surface area (Å²) in [6, 6.07) is 12.2. The summed E-state index contributed by atoms with van der Waals surface area (Å²) in [5, 5.41) is 3.14. The first kappa shape index (κ1) is 18.0. The van der Waals surface area contributed by atoms with Gasteiger partial charge < -0.3 is 10.2 Å². The summed E-state index contributed by atoms with van der Waals surface area (Å²) < 4.78 is 38.0. The van der Waals surface area contributed by atoms with E-state index in [1.54, 1.807) is 24.3 Å². The summed E-state index contributed by atoms with van der Waals surface area (Å²) >= 11 is 0. The molecule has 0 spiro atoms. The normalized spacial score (nSPS) is 24.6. The van der Waals surface area contributed by atoms with Crippen LogP contribution >= 0.6 is 0 Å². The van der Waals surface area contributed by atoms with Crippen molar-refractivity contribution in [2.75, 3.05) is 19.6 Å². The second-order valence-electron chi connectivity index (χ2n) is 7.37. The number of nitrogens with one attached hydrogen (secondary N) is 1. The van der Waals surface area contributed by atoms with Crippen molar-refractivity contribution >= 4 is 5.91 Å². The van der Waals surface area contributed by atoms with E-state index in [9.17, 15) is 18.0 Å². The number of nitrogens with zero attached hydrogens (tertiary/aromatic N) is 1. The highest BCUT2D eigenvalue weighted by atomic mass is 19.4. The fourth-order valence-electron chi connectivity index (χ4n) is 4.05. The van der Waals surface area contributed by atoms with E-state index < -0.39 is 11.7 Å². The molecule has 0 radical (unpaired) electrons. The van der Waals surface area contributed by atoms with Gasteiger partial charge in [-0.2, -0.15) is 13.2 Å². The minimum Gasteiger partial charge on any atom is -0.348 e. The van der Waals surface area contributed by atoms with Gasteiger partial charge in [0.05, 0.1) is 5.56 Å². The Morgan fingerprint density at radius 1 is 0.926 bits per heavy atom. The third-order valence-electron chi connectivity index (χ3n) is 5.67. The van der Waals surface area contributed by atoms with Crippen LogP contribution in [-0.4, -0.2) is 36.5 Å². The number of fused-ring (bicyclic) bond motifs is 3. The SMILES string of the molecule is O=C(N[C@@H]1CN2CCC1CC2)c1ccc(-c2ccc(C(F)(F)F)cc2)cc1. The molecule has 0 unspecified atom stereocenters. The molecule has 3 aliphatic rings. The topological polar surface area (TPSA) is 32.3 Å². The lowest BCUT2D eigenvalue weighted by Gasteiger charge is -2.44. The number of carbonyl (C=O) groups is 1. The largest absolute Gasteiger partial charge is 0.416 e. The highest BCUT2D eigenvalue weighted by Crippen LogP contribution is 2.31. The van der Waals surface area contributed by atoms with Crippen molar-refractivity contribution in [2.45, 2.75) is 25.1 Å². The number of amides is 1. The van der Waals surface area contributed by atoms with Crippen LogP contribution < -0.4 is 5.32 Å². The van der Waals surface area contributed by atoms with Crippen LogP contribution in [0.1, 0.15) is 28.8 Å². The second-order valence-corrected chi connectivity index (χ2v) is 7.37. The molecule has 5 rings (SSSR count). The van der Waals surface area contributed by atoms with E-state index in [0.29, 0.717) is 17.0 Å². The standard InChI is InChI=1S/C21H21F3N2O/c22-21(23,24)18-7-5-15(6-8-18)14-1-3-17(4-2-14)20(27)25-19-13-26-11-9-16(19)10-12-26/h1-8,16,19H,9-13H2,(H,25,27)/t19-/m1/s1. The van der Waals surface area contributed by atoms with Crippen LogP contribution in [0.3, 0.4) is 0 Å². The number of hydrogen-bond acceptors (Lipinski definition) is 2. The van der Waals surface area contributed by atoms with E-state index in [0.717, 1.165) is 50.2 Å². The molecule has 6 heteroatoms. The van der Waals surface area contributed by atoms with Gasteiger partial charge in [0.15, 0.2) is 0 Å². The van der Waals surface area contributed by atoms with Crippen molar-refractivity contribution in [1.29, 1.82) is 0 Å². The van der Waals surface area contributed by atoms with Crippen molar-refractivity contribution in [3.63, 3.8) is 0 Å². The maximum absolute atomic E-state index is 12.7. The number of piperidine rings is 3. The summed E-state index contributed by atoms with van der Waals surface area (Å²) in [5.74, 6) is 0.470. The predicted molar refractivity (Wildman–Crippen MR) is 97.3 cm³/mol. The Morgan fingerprint density at radius 2 is 1.48 bits per heavy atom. The zero-order chi connectivity index (χ0) is 19.0. The number of benzene rings is 2. The maximum Gasteiger partial charge on any atom is 0.416 e. The van der Waals surface area contributed by atoms with Crippen LogP contribution in [0.25, 0.3) is 11.1 Å². The molecule has 142 valence electrons. The summed E-state index contributed by atoms with van der Waals surface area (Å²) in [6.07, 6.45) is -2.06. The lowest BCUT2D eigenvalue weighted by atomic mass is 9.84. The minimum atomic E-state index is -4.34. The number of carbonyl (C=O) groups excluding carboxylic acids is 1. The van der Waals surface area contributed by atoms with Crippen LogP contribution in [-0.2, 0) is 6.18 Å². The first-order valence-corrected chi connectivity index (χ1v) is 9.21. The number of alkyl halides is 3. The monoisotopic (exact) mass is 374 g/mol. The van der Waals surface area contributed by atoms with Gasteiger partial charge >= 0.3 is 6.18 Å². The molecule has 0 aliphatic carbocycles. The van der Waals surface area contributed by atoms with Crippen LogP contribution in [0.15, 0.2) is 48.5 Å². The van der Waals surface area contributed by atoms with Crippen molar-refractivity contribution in [3.05, 3.63) is 59.7 Å². The Balaban J connectivity index is 1.43. The summed E-state index contributed by atoms with van der Waals surface area (Å²) in [4.78, 5) is 14.9. The lowest BCUT2D eigenvalue weighted by Crippen LogP contribution is -2.57. The number of halogens is 3. The van der Waals surface area contributed by atoms with Crippen LogP contribution in [0.2, 0.25) is 0 Å². The van der Waals surface area contributed by atoms with E-state index in [4.69, 9.17) is 0 Å². The molecule has 1 amide bonds. The van der Waals surface area contributed by atoms with Crippen LogP contribution in [0.4, 0.5) is 13.2 Å². The Labute approximate surface area is 156 Å². The number of rotatable bonds is 3. The fraction of sp³-hybridized carbons (Fsp3) is 0.381. The molecular formula is C21H21F3N2O. The van der Waals surface area contributed by atoms with E-state index in [1.807, 2.05) is 0 Å². The molecule has 3 heterocycles.